The van der Waals surface area contributed by atoms with Gasteiger partial charge in [-0.1, -0.05) is 11.0 Å². The van der Waals surface area contributed by atoms with Crippen LogP contribution in [0.5, 0.6) is 0 Å². The quantitative estimate of drug-likeness (QED) is 0.667. The summed E-state index contributed by atoms with van der Waals surface area (Å²) in [5, 5.41) is 9.05. The van der Waals surface area contributed by atoms with Gasteiger partial charge in [-0.2, -0.15) is 9.57 Å². The number of morpholine rings is 1. The highest BCUT2D eigenvalue weighted by atomic mass is 32.3. The summed E-state index contributed by atoms with van der Waals surface area (Å²) < 4.78 is 31.4. The second-order valence-corrected chi connectivity index (χ2v) is 8.16. The van der Waals surface area contributed by atoms with E-state index >= 15 is 0 Å². The fourth-order valence-electron chi connectivity index (χ4n) is 3.61. The minimum Gasteiger partial charge on any atom is -0.378 e. The molecule has 0 unspecified atom stereocenters. The lowest BCUT2D eigenvalue weighted by atomic mass is 10.1. The normalized spacial score (nSPS) is 27.3. The van der Waals surface area contributed by atoms with E-state index in [1.165, 1.54) is 0 Å². The van der Waals surface area contributed by atoms with Gasteiger partial charge in [0.15, 0.2) is 12.0 Å². The Hall–Kier alpha value is -1.77. The molecule has 9 nitrogen and oxygen atoms in total. The van der Waals surface area contributed by atoms with Gasteiger partial charge in [-0.3, -0.25) is 13.8 Å². The second-order valence-electron chi connectivity index (χ2n) is 6.45. The molecule has 0 aliphatic carbocycles. The van der Waals surface area contributed by atoms with Crippen molar-refractivity contribution in [2.24, 2.45) is 0 Å². The lowest BCUT2D eigenvalue weighted by molar-refractivity contribution is 0.122. The number of pyridine rings is 1. The minimum absolute atomic E-state index is 0.0645. The molecule has 3 N–H and O–H groups in total. The number of anilines is 2. The molecule has 2 saturated heterocycles. The van der Waals surface area contributed by atoms with Gasteiger partial charge in [0.25, 0.3) is 0 Å². The maximum Gasteiger partial charge on any atom is 0.179 e. The number of nitriles is 1. The van der Waals surface area contributed by atoms with E-state index in [1.807, 2.05) is 6.07 Å². The first-order chi connectivity index (χ1) is 12.1. The van der Waals surface area contributed by atoms with Crippen LogP contribution >= 0.6 is 11.0 Å². The number of rotatable bonds is 2. The predicted octanol–water partition coefficient (Wildman–Crippen LogP) is 1.28. The fraction of sp³-hybridized carbons (Fsp3) is 0.600. The van der Waals surface area contributed by atoms with Crippen molar-refractivity contribution in [3.63, 3.8) is 0 Å². The van der Waals surface area contributed by atoms with Crippen LogP contribution in [0.15, 0.2) is 12.3 Å². The van der Waals surface area contributed by atoms with Gasteiger partial charge in [-0.25, -0.2) is 4.98 Å². The van der Waals surface area contributed by atoms with Crippen molar-refractivity contribution < 1.29 is 13.8 Å². The monoisotopic (exact) mass is 366 g/mol. The molecule has 0 spiro atoms. The molecule has 4 rings (SSSR count). The Labute approximate surface area is 148 Å². The molecule has 4 heterocycles. The van der Waals surface area contributed by atoms with Gasteiger partial charge < -0.3 is 14.5 Å². The predicted molar refractivity (Wildman–Crippen MR) is 94.9 cm³/mol. The lowest BCUT2D eigenvalue weighted by Crippen LogP contribution is -2.44. The molecule has 0 aromatic carbocycles. The summed E-state index contributed by atoms with van der Waals surface area (Å²) >= 11 is 0. The molecule has 0 radical (unpaired) electrons. The van der Waals surface area contributed by atoms with E-state index in [-0.39, 0.29) is 6.04 Å². The first-order valence-electron chi connectivity index (χ1n) is 8.36. The minimum atomic E-state index is -3.16. The number of ether oxygens (including phenoxy) is 1. The van der Waals surface area contributed by atoms with Crippen LogP contribution in [0.2, 0.25) is 0 Å². The summed E-state index contributed by atoms with van der Waals surface area (Å²) in [6.07, 6.45) is 4.63. The molecule has 136 valence electrons. The number of likely N-dealkylation sites (tertiary alicyclic amines) is 1. The standard InChI is InChI=1S/C15H22N6O3S/c16-11-19-4-2-13(10-19)21-9-12-1-3-17-15(14(12)18-25(21,22)23)20-5-7-24-8-6-20/h1,3,13,18,22-23H,2,4-10H2/t13-/m1/s1. The van der Waals surface area contributed by atoms with Gasteiger partial charge in [0.2, 0.25) is 0 Å². The van der Waals surface area contributed by atoms with Crippen molar-refractivity contribution in [3.8, 4) is 6.19 Å². The largest absolute Gasteiger partial charge is 0.378 e. The third-order valence-corrected chi connectivity index (χ3v) is 6.49. The first-order valence-corrected chi connectivity index (χ1v) is 9.87. The van der Waals surface area contributed by atoms with Crippen LogP contribution in [-0.2, 0) is 11.3 Å². The van der Waals surface area contributed by atoms with Gasteiger partial charge in [0.1, 0.15) is 5.69 Å². The van der Waals surface area contributed by atoms with Crippen LogP contribution in [0.4, 0.5) is 11.5 Å². The number of nitrogens with one attached hydrogen (secondary N) is 1. The molecular formula is C15H22N6O3S. The van der Waals surface area contributed by atoms with Crippen molar-refractivity contribution in [1.82, 2.24) is 14.2 Å². The van der Waals surface area contributed by atoms with Crippen LogP contribution in [0.25, 0.3) is 0 Å². The zero-order valence-electron chi connectivity index (χ0n) is 13.8. The maximum absolute atomic E-state index is 10.7. The van der Waals surface area contributed by atoms with E-state index in [0.29, 0.717) is 38.5 Å². The molecule has 0 bridgehead atoms. The number of fused-ring (bicyclic) bond motifs is 1. The van der Waals surface area contributed by atoms with Crippen molar-refractivity contribution >= 4 is 22.5 Å². The lowest BCUT2D eigenvalue weighted by Gasteiger charge is -2.50. The van der Waals surface area contributed by atoms with Gasteiger partial charge in [0, 0.05) is 38.9 Å². The van der Waals surface area contributed by atoms with Crippen molar-refractivity contribution in [1.29, 1.82) is 5.26 Å². The smallest absolute Gasteiger partial charge is 0.179 e. The molecule has 25 heavy (non-hydrogen) atoms. The number of nitrogens with zero attached hydrogens (tertiary/aromatic N) is 5. The number of hydrogen-bond donors (Lipinski definition) is 3. The summed E-state index contributed by atoms with van der Waals surface area (Å²) in [5.74, 6) is 0.741. The fourth-order valence-corrected chi connectivity index (χ4v) is 5.13. The third-order valence-electron chi connectivity index (χ3n) is 4.93. The highest BCUT2D eigenvalue weighted by Crippen LogP contribution is 2.53. The van der Waals surface area contributed by atoms with Crippen LogP contribution < -0.4 is 9.62 Å². The van der Waals surface area contributed by atoms with E-state index in [1.54, 1.807) is 15.4 Å². The van der Waals surface area contributed by atoms with E-state index in [0.717, 1.165) is 30.9 Å². The first kappa shape index (κ1) is 16.7. The van der Waals surface area contributed by atoms with Gasteiger partial charge in [-0.15, -0.1) is 0 Å². The van der Waals surface area contributed by atoms with Gasteiger partial charge in [0.05, 0.1) is 19.3 Å². The maximum atomic E-state index is 10.7. The Morgan fingerprint density at radius 2 is 2.12 bits per heavy atom. The molecule has 0 amide bonds. The summed E-state index contributed by atoms with van der Waals surface area (Å²) in [5.41, 5.74) is 1.67. The topological polar surface area (TPSA) is 108 Å². The SMILES string of the molecule is N#CN1CC[C@@H](N2Cc3ccnc(N4CCOCC4)c3NS2(O)O)C1. The van der Waals surface area contributed by atoms with E-state index < -0.39 is 11.0 Å². The molecule has 3 aliphatic rings. The highest BCUT2D eigenvalue weighted by molar-refractivity contribution is 8.23. The van der Waals surface area contributed by atoms with E-state index in [2.05, 4.69) is 20.8 Å². The Kier molecular flexibility index (Phi) is 4.35. The van der Waals surface area contributed by atoms with Crippen molar-refractivity contribution in [2.45, 2.75) is 19.0 Å². The van der Waals surface area contributed by atoms with Crippen LogP contribution in [0.3, 0.4) is 0 Å². The van der Waals surface area contributed by atoms with E-state index in [9.17, 15) is 9.11 Å². The van der Waals surface area contributed by atoms with Gasteiger partial charge in [-0.05, 0) is 18.1 Å². The molecule has 1 aromatic rings. The molecule has 1 atom stereocenters. The summed E-state index contributed by atoms with van der Waals surface area (Å²) in [7, 11) is -3.16. The van der Waals surface area contributed by atoms with Crippen LogP contribution in [0, 0.1) is 11.5 Å². The highest BCUT2D eigenvalue weighted by Gasteiger charge is 2.39. The Bertz CT molecular complexity index is 690. The summed E-state index contributed by atoms with van der Waals surface area (Å²) in [6, 6.07) is 1.84. The molecule has 0 saturated carbocycles. The Balaban J connectivity index is 1.61. The Morgan fingerprint density at radius 1 is 1.32 bits per heavy atom. The molecule has 10 heteroatoms. The Morgan fingerprint density at radius 3 is 2.84 bits per heavy atom. The zero-order valence-corrected chi connectivity index (χ0v) is 14.7. The summed E-state index contributed by atoms with van der Waals surface area (Å²) in [6.45, 7) is 4.33. The molecule has 3 aliphatic heterocycles. The second kappa shape index (κ2) is 6.51. The van der Waals surface area contributed by atoms with Crippen LogP contribution in [0.1, 0.15) is 12.0 Å². The molecule has 1 aromatic heterocycles. The zero-order chi connectivity index (χ0) is 17.4. The van der Waals surface area contributed by atoms with Crippen molar-refractivity contribution in [2.75, 3.05) is 49.0 Å². The van der Waals surface area contributed by atoms with Gasteiger partial charge >= 0.3 is 0 Å². The number of hydrogen-bond acceptors (Lipinski definition) is 9. The third kappa shape index (κ3) is 3.09. The average molecular weight is 366 g/mol. The number of aromatic nitrogens is 1. The van der Waals surface area contributed by atoms with Crippen LogP contribution in [-0.4, -0.2) is 68.7 Å². The van der Waals surface area contributed by atoms with Crippen molar-refractivity contribution in [3.05, 3.63) is 17.8 Å². The molecule has 2 fully saturated rings. The molecular weight excluding hydrogens is 344 g/mol. The summed E-state index contributed by atoms with van der Waals surface area (Å²) in [4.78, 5) is 8.22. The average Bonchev–Trinajstić information content (AvgIpc) is 3.09. The van der Waals surface area contributed by atoms with E-state index in [4.69, 9.17) is 10.00 Å².